The van der Waals surface area contributed by atoms with E-state index >= 15 is 0 Å². The summed E-state index contributed by atoms with van der Waals surface area (Å²) >= 11 is 0. The Balaban J connectivity index is 1.38. The molecule has 1 fully saturated rings. The van der Waals surface area contributed by atoms with Crippen molar-refractivity contribution in [1.29, 1.82) is 0 Å². The number of hydrogen-bond donors (Lipinski definition) is 1. The Morgan fingerprint density at radius 1 is 1.00 bits per heavy atom. The second kappa shape index (κ2) is 7.72. The number of rotatable bonds is 5. The van der Waals surface area contributed by atoms with Crippen molar-refractivity contribution in [2.45, 2.75) is 25.8 Å². The van der Waals surface area contributed by atoms with E-state index in [0.717, 1.165) is 31.5 Å². The Morgan fingerprint density at radius 3 is 2.46 bits per heavy atom. The molecule has 1 aromatic heterocycles. The van der Waals surface area contributed by atoms with E-state index in [1.165, 1.54) is 4.57 Å². The Morgan fingerprint density at radius 2 is 1.71 bits per heavy atom. The Labute approximate surface area is 161 Å². The molecule has 0 atom stereocenters. The summed E-state index contributed by atoms with van der Waals surface area (Å²) in [6.07, 6.45) is 2.52. The zero-order chi connectivity index (χ0) is 19.5. The number of nitrogens with one attached hydrogen (secondary N) is 1. The van der Waals surface area contributed by atoms with Crippen LogP contribution in [-0.4, -0.2) is 34.4 Å². The van der Waals surface area contributed by atoms with Crippen molar-refractivity contribution in [3.8, 4) is 0 Å². The fourth-order valence-electron chi connectivity index (χ4n) is 3.47. The molecule has 4 rings (SSSR count). The molecule has 2 amide bonds. The molecule has 0 unspecified atom stereocenters. The van der Waals surface area contributed by atoms with E-state index < -0.39 is 5.76 Å². The lowest BCUT2D eigenvalue weighted by atomic mass is 10.1. The minimum atomic E-state index is -0.563. The van der Waals surface area contributed by atoms with Gasteiger partial charge in [-0.2, -0.15) is 0 Å². The lowest BCUT2D eigenvalue weighted by molar-refractivity contribution is -0.129. The SMILES string of the molecule is O=C(Cn1c(=O)oc2ccccc21)Nc1ccc(CC(=O)N2CCCC2)cc1. The Hall–Kier alpha value is -3.35. The number of anilines is 1. The maximum atomic E-state index is 12.3. The standard InChI is InChI=1S/C21H21N3O4/c25-19(14-24-17-5-1-2-6-18(17)28-21(24)27)22-16-9-7-15(8-10-16)13-20(26)23-11-3-4-12-23/h1-2,5-10H,3-4,11-14H2,(H,22,25). The van der Waals surface area contributed by atoms with Crippen LogP contribution < -0.4 is 11.1 Å². The first-order valence-corrected chi connectivity index (χ1v) is 9.35. The molecule has 1 aliphatic heterocycles. The maximum Gasteiger partial charge on any atom is 0.420 e. The third-order valence-electron chi connectivity index (χ3n) is 4.93. The fraction of sp³-hybridized carbons (Fsp3) is 0.286. The second-order valence-electron chi connectivity index (χ2n) is 6.93. The average Bonchev–Trinajstić information content (AvgIpc) is 3.32. The molecule has 0 bridgehead atoms. The first kappa shape index (κ1) is 18.0. The van der Waals surface area contributed by atoms with Crippen LogP contribution in [0.25, 0.3) is 11.1 Å². The molecule has 7 nitrogen and oxygen atoms in total. The van der Waals surface area contributed by atoms with Crippen LogP contribution in [0.4, 0.5) is 5.69 Å². The van der Waals surface area contributed by atoms with Gasteiger partial charge in [0.25, 0.3) is 0 Å². The summed E-state index contributed by atoms with van der Waals surface area (Å²) in [6, 6.07) is 14.2. The van der Waals surface area contributed by atoms with Crippen LogP contribution >= 0.6 is 0 Å². The second-order valence-corrected chi connectivity index (χ2v) is 6.93. The molecular formula is C21H21N3O4. The highest BCUT2D eigenvalue weighted by atomic mass is 16.4. The summed E-state index contributed by atoms with van der Waals surface area (Å²) in [5.74, 6) is -0.748. The van der Waals surface area contributed by atoms with Crippen molar-refractivity contribution >= 4 is 28.6 Å². The predicted molar refractivity (Wildman–Crippen MR) is 105 cm³/mol. The van der Waals surface area contributed by atoms with Gasteiger partial charge in [-0.1, -0.05) is 24.3 Å². The number of para-hydroxylation sites is 2. The van der Waals surface area contributed by atoms with E-state index in [2.05, 4.69) is 5.32 Å². The highest BCUT2D eigenvalue weighted by molar-refractivity contribution is 5.91. The number of benzene rings is 2. The molecular weight excluding hydrogens is 358 g/mol. The zero-order valence-electron chi connectivity index (χ0n) is 15.4. The zero-order valence-corrected chi connectivity index (χ0v) is 15.4. The molecule has 2 aromatic carbocycles. The van der Waals surface area contributed by atoms with Gasteiger partial charge in [-0.15, -0.1) is 0 Å². The largest absolute Gasteiger partial charge is 0.420 e. The lowest BCUT2D eigenvalue weighted by Gasteiger charge is -2.15. The maximum absolute atomic E-state index is 12.3. The third-order valence-corrected chi connectivity index (χ3v) is 4.93. The van der Waals surface area contributed by atoms with Crippen LogP contribution in [-0.2, 0) is 22.6 Å². The topological polar surface area (TPSA) is 84.5 Å². The summed E-state index contributed by atoms with van der Waals surface area (Å²) < 4.78 is 6.44. The first-order valence-electron chi connectivity index (χ1n) is 9.35. The highest BCUT2D eigenvalue weighted by Crippen LogP contribution is 2.15. The van der Waals surface area contributed by atoms with Gasteiger partial charge >= 0.3 is 5.76 Å². The summed E-state index contributed by atoms with van der Waals surface area (Å²) in [6.45, 7) is 1.55. The predicted octanol–water partition coefficient (Wildman–Crippen LogP) is 2.40. The molecule has 0 spiro atoms. The quantitative estimate of drug-likeness (QED) is 0.738. The van der Waals surface area contributed by atoms with E-state index in [9.17, 15) is 14.4 Å². The van der Waals surface area contributed by atoms with Crippen molar-refractivity contribution in [3.05, 3.63) is 64.6 Å². The number of aromatic nitrogens is 1. The Kier molecular flexibility index (Phi) is 4.97. The molecule has 0 radical (unpaired) electrons. The van der Waals surface area contributed by atoms with Gasteiger partial charge in [0, 0.05) is 18.8 Å². The van der Waals surface area contributed by atoms with Gasteiger partial charge in [-0.25, -0.2) is 4.79 Å². The molecule has 0 saturated carbocycles. The van der Waals surface area contributed by atoms with Crippen molar-refractivity contribution in [2.24, 2.45) is 0 Å². The van der Waals surface area contributed by atoms with Crippen molar-refractivity contribution < 1.29 is 14.0 Å². The van der Waals surface area contributed by atoms with Crippen LogP contribution in [0.5, 0.6) is 0 Å². The van der Waals surface area contributed by atoms with Crippen molar-refractivity contribution in [1.82, 2.24) is 9.47 Å². The lowest BCUT2D eigenvalue weighted by Crippen LogP contribution is -2.29. The molecule has 144 valence electrons. The van der Waals surface area contributed by atoms with Gasteiger partial charge < -0.3 is 14.6 Å². The third kappa shape index (κ3) is 3.83. The average molecular weight is 379 g/mol. The number of fused-ring (bicyclic) bond motifs is 1. The fourth-order valence-corrected chi connectivity index (χ4v) is 3.47. The number of carbonyl (C=O) groups is 2. The highest BCUT2D eigenvalue weighted by Gasteiger charge is 2.18. The van der Waals surface area contributed by atoms with E-state index in [1.54, 1.807) is 36.4 Å². The summed E-state index contributed by atoms with van der Waals surface area (Å²) in [4.78, 5) is 38.4. The molecule has 7 heteroatoms. The minimum Gasteiger partial charge on any atom is -0.408 e. The van der Waals surface area contributed by atoms with Gasteiger partial charge in [0.05, 0.1) is 11.9 Å². The number of likely N-dealkylation sites (tertiary alicyclic amines) is 1. The molecule has 2 heterocycles. The number of carbonyl (C=O) groups excluding carboxylic acids is 2. The molecule has 0 aliphatic carbocycles. The van der Waals surface area contributed by atoms with Crippen molar-refractivity contribution in [2.75, 3.05) is 18.4 Å². The van der Waals surface area contributed by atoms with Crippen LogP contribution in [0, 0.1) is 0 Å². The van der Waals surface area contributed by atoms with Crippen LogP contribution in [0.2, 0.25) is 0 Å². The van der Waals surface area contributed by atoms with Gasteiger partial charge in [-0.3, -0.25) is 14.2 Å². The van der Waals surface area contributed by atoms with Crippen LogP contribution in [0.1, 0.15) is 18.4 Å². The molecule has 28 heavy (non-hydrogen) atoms. The van der Waals surface area contributed by atoms with Crippen molar-refractivity contribution in [3.63, 3.8) is 0 Å². The van der Waals surface area contributed by atoms with Gasteiger partial charge in [0.2, 0.25) is 11.8 Å². The molecule has 1 N–H and O–H groups in total. The molecule has 1 saturated heterocycles. The number of hydrogen-bond acceptors (Lipinski definition) is 4. The first-order chi connectivity index (χ1) is 13.6. The van der Waals surface area contributed by atoms with E-state index in [1.807, 2.05) is 17.0 Å². The smallest absolute Gasteiger partial charge is 0.408 e. The number of nitrogens with zero attached hydrogens (tertiary/aromatic N) is 2. The van der Waals surface area contributed by atoms with E-state index in [0.29, 0.717) is 23.2 Å². The van der Waals surface area contributed by atoms with Gasteiger partial charge in [-0.05, 0) is 42.7 Å². The summed E-state index contributed by atoms with van der Waals surface area (Å²) in [7, 11) is 0. The van der Waals surface area contributed by atoms with Crippen LogP contribution in [0.3, 0.4) is 0 Å². The summed E-state index contributed by atoms with van der Waals surface area (Å²) in [5, 5.41) is 2.77. The molecule has 1 aliphatic rings. The van der Waals surface area contributed by atoms with E-state index in [4.69, 9.17) is 4.42 Å². The normalized spacial score (nSPS) is 13.8. The number of amides is 2. The monoisotopic (exact) mass is 379 g/mol. The summed E-state index contributed by atoms with van der Waals surface area (Å²) in [5.41, 5.74) is 2.56. The molecule has 3 aromatic rings. The van der Waals surface area contributed by atoms with Crippen LogP contribution in [0.15, 0.2) is 57.7 Å². The number of oxazole rings is 1. The Bertz CT molecular complexity index is 1060. The minimum absolute atomic E-state index is 0.134. The van der Waals surface area contributed by atoms with Gasteiger partial charge in [0.1, 0.15) is 6.54 Å². The van der Waals surface area contributed by atoms with E-state index in [-0.39, 0.29) is 18.4 Å². The van der Waals surface area contributed by atoms with Gasteiger partial charge in [0.15, 0.2) is 5.58 Å².